The van der Waals surface area contributed by atoms with Gasteiger partial charge in [-0.25, -0.2) is 0 Å². The fourth-order valence-corrected chi connectivity index (χ4v) is 3.95. The monoisotopic (exact) mass is 392 g/mol. The maximum absolute atomic E-state index is 12.8. The number of thiophene rings is 1. The van der Waals surface area contributed by atoms with Gasteiger partial charge in [0.05, 0.1) is 12.7 Å². The van der Waals surface area contributed by atoms with Crippen molar-refractivity contribution in [3.63, 3.8) is 0 Å². The Balaban J connectivity index is 1.54. The van der Waals surface area contributed by atoms with Crippen molar-refractivity contribution in [2.45, 2.75) is 20.5 Å². The third kappa shape index (κ3) is 3.53. The molecule has 0 saturated heterocycles. The summed E-state index contributed by atoms with van der Waals surface area (Å²) in [5.41, 5.74) is 3.62. The van der Waals surface area contributed by atoms with E-state index in [2.05, 4.69) is 0 Å². The number of Topliss-reactive ketones (excluding diaryl/α,β-unsaturated/α-hetero) is 1. The predicted octanol–water partition coefficient (Wildman–Crippen LogP) is 5.57. The van der Waals surface area contributed by atoms with Crippen molar-refractivity contribution in [2.24, 2.45) is 0 Å². The Morgan fingerprint density at radius 1 is 1.04 bits per heavy atom. The summed E-state index contributed by atoms with van der Waals surface area (Å²) >= 11 is 1.59. The minimum Gasteiger partial charge on any atom is -0.497 e. The van der Waals surface area contributed by atoms with Crippen molar-refractivity contribution in [1.29, 1.82) is 0 Å². The summed E-state index contributed by atoms with van der Waals surface area (Å²) in [6.07, 6.45) is 1.82. The molecule has 0 bridgehead atoms. The van der Waals surface area contributed by atoms with Crippen LogP contribution in [0.2, 0.25) is 0 Å². The molecule has 0 radical (unpaired) electrons. The van der Waals surface area contributed by atoms with Gasteiger partial charge < -0.3 is 14.2 Å². The Hall–Kier alpha value is -3.05. The zero-order valence-electron chi connectivity index (χ0n) is 15.9. The third-order valence-corrected chi connectivity index (χ3v) is 5.64. The van der Waals surface area contributed by atoms with Crippen LogP contribution in [0.1, 0.15) is 31.9 Å². The van der Waals surface area contributed by atoms with Crippen molar-refractivity contribution in [2.75, 3.05) is 7.11 Å². The maximum atomic E-state index is 12.8. The molecular formula is C23H20O4S. The van der Waals surface area contributed by atoms with Gasteiger partial charge in [0.2, 0.25) is 5.78 Å². The predicted molar refractivity (Wildman–Crippen MR) is 110 cm³/mol. The molecule has 4 rings (SSSR count). The number of benzene rings is 2. The quantitative estimate of drug-likeness (QED) is 0.533. The highest BCUT2D eigenvalue weighted by Crippen LogP contribution is 2.38. The molecule has 4 nitrogen and oxygen atoms in total. The molecule has 5 heteroatoms. The van der Waals surface area contributed by atoms with Crippen molar-refractivity contribution in [1.82, 2.24) is 0 Å². The summed E-state index contributed by atoms with van der Waals surface area (Å²) in [5, 5.41) is 2.00. The van der Waals surface area contributed by atoms with E-state index in [9.17, 15) is 4.79 Å². The molecule has 3 aromatic rings. The van der Waals surface area contributed by atoms with Crippen LogP contribution >= 0.6 is 11.3 Å². The number of carbonyl (C=O) groups is 1. The highest BCUT2D eigenvalue weighted by atomic mass is 32.1. The Kier molecular flexibility index (Phi) is 4.92. The van der Waals surface area contributed by atoms with Gasteiger partial charge in [-0.1, -0.05) is 12.1 Å². The zero-order chi connectivity index (χ0) is 19.7. The van der Waals surface area contributed by atoms with E-state index >= 15 is 0 Å². The van der Waals surface area contributed by atoms with Gasteiger partial charge in [0.1, 0.15) is 23.9 Å². The Morgan fingerprint density at radius 3 is 2.50 bits per heavy atom. The molecule has 0 spiro atoms. The smallest absolute Gasteiger partial charge is 0.232 e. The molecule has 2 heterocycles. The molecule has 2 aromatic carbocycles. The summed E-state index contributed by atoms with van der Waals surface area (Å²) in [5.74, 6) is 2.31. The lowest BCUT2D eigenvalue weighted by atomic mass is 10.0. The van der Waals surface area contributed by atoms with E-state index < -0.39 is 0 Å². The number of ketones is 1. The van der Waals surface area contributed by atoms with Crippen LogP contribution in [0.15, 0.2) is 53.6 Å². The second-order valence-corrected chi connectivity index (χ2v) is 7.61. The van der Waals surface area contributed by atoms with Crippen LogP contribution in [-0.2, 0) is 6.61 Å². The first-order chi connectivity index (χ1) is 13.5. The number of hydrogen-bond donors (Lipinski definition) is 0. The summed E-state index contributed by atoms with van der Waals surface area (Å²) in [6.45, 7) is 4.35. The van der Waals surface area contributed by atoms with Crippen LogP contribution in [0.25, 0.3) is 6.08 Å². The van der Waals surface area contributed by atoms with Crippen molar-refractivity contribution in [3.05, 3.63) is 80.7 Å². The van der Waals surface area contributed by atoms with Crippen molar-refractivity contribution >= 4 is 23.2 Å². The molecule has 1 aliphatic heterocycles. The van der Waals surface area contributed by atoms with E-state index in [1.165, 1.54) is 0 Å². The van der Waals surface area contributed by atoms with E-state index in [1.54, 1.807) is 24.5 Å². The minimum atomic E-state index is -0.0815. The van der Waals surface area contributed by atoms with Gasteiger partial charge in [-0.3, -0.25) is 4.79 Å². The van der Waals surface area contributed by atoms with E-state index in [4.69, 9.17) is 14.2 Å². The molecular weight excluding hydrogens is 372 g/mol. The number of rotatable bonds is 5. The lowest BCUT2D eigenvalue weighted by Gasteiger charge is -2.09. The van der Waals surface area contributed by atoms with Crippen molar-refractivity contribution < 1.29 is 19.0 Å². The van der Waals surface area contributed by atoms with E-state index in [-0.39, 0.29) is 5.78 Å². The lowest BCUT2D eigenvalue weighted by Crippen LogP contribution is -2.00. The van der Waals surface area contributed by atoms with Gasteiger partial charge in [0.25, 0.3) is 0 Å². The highest BCUT2D eigenvalue weighted by molar-refractivity contribution is 7.11. The standard InChI is InChI=1S/C23H20O4S/c1-14-8-9-28-21(14)12-20-23(24)22-15(2)10-18(11-19(22)27-20)26-13-16-4-6-17(25-3)7-5-16/h4-12H,13H2,1-3H3/b20-12-. The molecule has 1 aromatic heterocycles. The topological polar surface area (TPSA) is 44.8 Å². The number of hydrogen-bond acceptors (Lipinski definition) is 5. The van der Waals surface area contributed by atoms with E-state index in [0.717, 1.165) is 27.3 Å². The summed E-state index contributed by atoms with van der Waals surface area (Å²) < 4.78 is 17.0. The number of aryl methyl sites for hydroxylation is 2. The second-order valence-electron chi connectivity index (χ2n) is 6.66. The second kappa shape index (κ2) is 7.52. The molecule has 0 unspecified atom stereocenters. The average Bonchev–Trinajstić information content (AvgIpc) is 3.24. The number of fused-ring (bicyclic) bond motifs is 1. The summed E-state index contributed by atoms with van der Waals surface area (Å²) in [7, 11) is 1.64. The van der Waals surface area contributed by atoms with Crippen LogP contribution in [0.5, 0.6) is 17.2 Å². The first kappa shape index (κ1) is 18.3. The summed E-state index contributed by atoms with van der Waals surface area (Å²) in [6, 6.07) is 13.4. The molecule has 28 heavy (non-hydrogen) atoms. The van der Waals surface area contributed by atoms with Gasteiger partial charge in [0.15, 0.2) is 5.76 Å². The van der Waals surface area contributed by atoms with Crippen LogP contribution in [0.3, 0.4) is 0 Å². The molecule has 0 atom stereocenters. The van der Waals surface area contributed by atoms with Crippen LogP contribution in [0, 0.1) is 13.8 Å². The van der Waals surface area contributed by atoms with E-state index in [0.29, 0.717) is 29.4 Å². The van der Waals surface area contributed by atoms with Gasteiger partial charge in [-0.2, -0.15) is 0 Å². The molecule has 0 fully saturated rings. The lowest BCUT2D eigenvalue weighted by molar-refractivity contribution is 0.101. The Morgan fingerprint density at radius 2 is 1.82 bits per heavy atom. The molecule has 142 valence electrons. The van der Waals surface area contributed by atoms with Gasteiger partial charge in [0, 0.05) is 17.0 Å². The first-order valence-corrected chi connectivity index (χ1v) is 9.82. The number of carbonyl (C=O) groups excluding carboxylic acids is 1. The molecule has 1 aliphatic rings. The van der Waals surface area contributed by atoms with Gasteiger partial charge >= 0.3 is 0 Å². The Labute approximate surface area is 168 Å². The average molecular weight is 392 g/mol. The molecule has 0 amide bonds. The van der Waals surface area contributed by atoms with Crippen molar-refractivity contribution in [3.8, 4) is 17.2 Å². The first-order valence-electron chi connectivity index (χ1n) is 8.94. The molecule has 0 saturated carbocycles. The Bertz CT molecular complexity index is 1060. The zero-order valence-corrected chi connectivity index (χ0v) is 16.8. The van der Waals surface area contributed by atoms with Gasteiger partial charge in [-0.15, -0.1) is 11.3 Å². The fourth-order valence-electron chi connectivity index (χ4n) is 3.10. The normalized spacial score (nSPS) is 14.1. The number of methoxy groups -OCH3 is 1. The van der Waals surface area contributed by atoms with Crippen LogP contribution < -0.4 is 14.2 Å². The number of ether oxygens (including phenoxy) is 3. The molecule has 0 aliphatic carbocycles. The van der Waals surface area contributed by atoms with Crippen LogP contribution in [0.4, 0.5) is 0 Å². The third-order valence-electron chi connectivity index (χ3n) is 4.67. The number of allylic oxidation sites excluding steroid dienone is 1. The minimum absolute atomic E-state index is 0.0815. The van der Waals surface area contributed by atoms with E-state index in [1.807, 2.05) is 61.7 Å². The SMILES string of the molecule is COc1ccc(COc2cc(C)c3c(c2)O/C(=C\c2sccc2C)C3=O)cc1. The summed E-state index contributed by atoms with van der Waals surface area (Å²) in [4.78, 5) is 13.8. The largest absolute Gasteiger partial charge is 0.497 e. The molecule has 0 N–H and O–H groups in total. The fraction of sp³-hybridized carbons (Fsp3) is 0.174. The van der Waals surface area contributed by atoms with Crippen LogP contribution in [-0.4, -0.2) is 12.9 Å². The van der Waals surface area contributed by atoms with Gasteiger partial charge in [-0.05, 0) is 60.2 Å². The maximum Gasteiger partial charge on any atom is 0.232 e. The highest BCUT2D eigenvalue weighted by Gasteiger charge is 2.30.